The van der Waals surface area contributed by atoms with Crippen LogP contribution < -0.4 is 0 Å². The van der Waals surface area contributed by atoms with Crippen molar-refractivity contribution in [1.82, 2.24) is 0 Å². The Labute approximate surface area is 162 Å². The van der Waals surface area contributed by atoms with Crippen molar-refractivity contribution in [3.8, 4) is 0 Å². The van der Waals surface area contributed by atoms with Gasteiger partial charge in [0, 0.05) is 11.1 Å². The van der Waals surface area contributed by atoms with Crippen molar-refractivity contribution in [3.05, 3.63) is 24.3 Å². The first-order valence-electron chi connectivity index (χ1n) is 9.66. The fraction of sp³-hybridized carbons (Fsp3) is 0.714. The van der Waals surface area contributed by atoms with E-state index < -0.39 is 11.9 Å². The molecule has 2 fully saturated rings. The van der Waals surface area contributed by atoms with E-state index in [1.54, 1.807) is 0 Å². The van der Waals surface area contributed by atoms with E-state index in [0.717, 1.165) is 37.5 Å². The zero-order chi connectivity index (χ0) is 21.0. The first-order valence-corrected chi connectivity index (χ1v) is 9.66. The molecule has 4 N–H and O–H groups in total. The van der Waals surface area contributed by atoms with Crippen LogP contribution in [-0.4, -0.2) is 44.6 Å². The van der Waals surface area contributed by atoms with Gasteiger partial charge in [0.25, 0.3) is 0 Å². The van der Waals surface area contributed by atoms with E-state index in [2.05, 4.69) is 13.2 Å². The second-order valence-electron chi connectivity index (χ2n) is 7.76. The number of carboxylic acids is 2. The van der Waals surface area contributed by atoms with Crippen LogP contribution in [0.1, 0.15) is 71.6 Å². The van der Waals surface area contributed by atoms with E-state index in [1.165, 1.54) is 46.0 Å². The van der Waals surface area contributed by atoms with Gasteiger partial charge in [-0.25, -0.2) is 9.59 Å². The Balaban J connectivity index is 0.000000470. The lowest BCUT2D eigenvalue weighted by Gasteiger charge is -2.31. The average molecular weight is 385 g/mol. The summed E-state index contributed by atoms with van der Waals surface area (Å²) in [7, 11) is 0. The van der Waals surface area contributed by atoms with Gasteiger partial charge in [-0.2, -0.15) is 0 Å². The standard InChI is InChI=1S/C13H24O2.2C4H6O2/c14-12-5-1-10(2-6-12)9-11-3-7-13(15)8-4-11;2*1-3(2)4(5)6/h10-15H,1-9H2;2*1H2,2H3,(H,5,6). The molecule has 0 heterocycles. The molecule has 0 aromatic rings. The van der Waals surface area contributed by atoms with Crippen LogP contribution in [0.5, 0.6) is 0 Å². The summed E-state index contributed by atoms with van der Waals surface area (Å²) in [6.07, 6.45) is 10.3. The fourth-order valence-electron chi connectivity index (χ4n) is 3.23. The molecule has 0 radical (unpaired) electrons. The maximum absolute atomic E-state index is 9.60. The summed E-state index contributed by atoms with van der Waals surface area (Å²) in [6, 6.07) is 0. The maximum Gasteiger partial charge on any atom is 0.330 e. The Kier molecular flexibility index (Phi) is 12.7. The first kappa shape index (κ1) is 25.3. The number of carboxylic acid groups (broad SMARTS) is 2. The van der Waals surface area contributed by atoms with Crippen molar-refractivity contribution >= 4 is 11.9 Å². The average Bonchev–Trinajstić information content (AvgIpc) is 2.60. The molecule has 6 nitrogen and oxygen atoms in total. The lowest BCUT2D eigenvalue weighted by molar-refractivity contribution is -0.133. The largest absolute Gasteiger partial charge is 0.478 e. The molecule has 0 amide bonds. The number of aliphatic hydroxyl groups excluding tert-OH is 2. The molecule has 0 aliphatic heterocycles. The number of aliphatic hydroxyl groups is 2. The van der Waals surface area contributed by atoms with Gasteiger partial charge in [0.2, 0.25) is 0 Å². The molecule has 2 saturated carbocycles. The van der Waals surface area contributed by atoms with Gasteiger partial charge >= 0.3 is 11.9 Å². The van der Waals surface area contributed by atoms with Gasteiger partial charge in [-0.05, 0) is 83.5 Å². The van der Waals surface area contributed by atoms with E-state index in [1.807, 2.05) is 0 Å². The molecule has 0 unspecified atom stereocenters. The van der Waals surface area contributed by atoms with Crippen molar-refractivity contribution in [2.24, 2.45) is 11.8 Å². The predicted molar refractivity (Wildman–Crippen MR) is 105 cm³/mol. The van der Waals surface area contributed by atoms with Gasteiger partial charge in [0.1, 0.15) is 0 Å². The van der Waals surface area contributed by atoms with Gasteiger partial charge < -0.3 is 20.4 Å². The quantitative estimate of drug-likeness (QED) is 0.548. The summed E-state index contributed by atoms with van der Waals surface area (Å²) < 4.78 is 0. The zero-order valence-electron chi connectivity index (χ0n) is 16.7. The second-order valence-corrected chi connectivity index (χ2v) is 7.76. The van der Waals surface area contributed by atoms with Gasteiger partial charge in [0.15, 0.2) is 0 Å². The van der Waals surface area contributed by atoms with Crippen LogP contribution in [0.15, 0.2) is 24.3 Å². The second kappa shape index (κ2) is 13.5. The molecule has 156 valence electrons. The molecule has 0 atom stereocenters. The molecule has 0 saturated heterocycles. The molecule has 2 aliphatic rings. The normalized spacial score (nSPS) is 27.1. The SMILES string of the molecule is C=C(C)C(=O)O.C=C(C)C(=O)O.OC1CCC(CC2CCC(O)CC2)CC1. The number of aliphatic carboxylic acids is 2. The van der Waals surface area contributed by atoms with E-state index in [0.29, 0.717) is 0 Å². The Morgan fingerprint density at radius 2 is 0.926 bits per heavy atom. The van der Waals surface area contributed by atoms with Crippen molar-refractivity contribution in [1.29, 1.82) is 0 Å². The summed E-state index contributed by atoms with van der Waals surface area (Å²) in [4.78, 5) is 19.2. The Morgan fingerprint density at radius 3 is 1.11 bits per heavy atom. The third-order valence-electron chi connectivity index (χ3n) is 5.03. The number of hydrogen-bond acceptors (Lipinski definition) is 4. The highest BCUT2D eigenvalue weighted by atomic mass is 16.4. The third kappa shape index (κ3) is 13.2. The predicted octanol–water partition coefficient (Wildman–Crippen LogP) is 3.77. The van der Waals surface area contributed by atoms with Crippen molar-refractivity contribution in [2.75, 3.05) is 0 Å². The summed E-state index contributed by atoms with van der Waals surface area (Å²) in [6.45, 7) is 9.20. The van der Waals surface area contributed by atoms with Crippen molar-refractivity contribution in [2.45, 2.75) is 83.8 Å². The third-order valence-corrected chi connectivity index (χ3v) is 5.03. The van der Waals surface area contributed by atoms with E-state index >= 15 is 0 Å². The van der Waals surface area contributed by atoms with Crippen LogP contribution in [0.4, 0.5) is 0 Å². The summed E-state index contributed by atoms with van der Waals surface area (Å²) in [5.74, 6) is -0.160. The molecular weight excluding hydrogens is 348 g/mol. The minimum Gasteiger partial charge on any atom is -0.478 e. The molecule has 0 aromatic carbocycles. The monoisotopic (exact) mass is 384 g/mol. The maximum atomic E-state index is 9.60. The lowest BCUT2D eigenvalue weighted by atomic mass is 9.76. The zero-order valence-corrected chi connectivity index (χ0v) is 16.7. The van der Waals surface area contributed by atoms with Crippen LogP contribution in [-0.2, 0) is 9.59 Å². The summed E-state index contributed by atoms with van der Waals surface area (Å²) >= 11 is 0. The molecule has 6 heteroatoms. The Bertz CT molecular complexity index is 415. The molecule has 2 rings (SSSR count). The van der Waals surface area contributed by atoms with Crippen molar-refractivity contribution in [3.63, 3.8) is 0 Å². The van der Waals surface area contributed by atoms with Crippen LogP contribution in [0.25, 0.3) is 0 Å². The Hall–Kier alpha value is -1.66. The van der Waals surface area contributed by atoms with Crippen LogP contribution in [0.2, 0.25) is 0 Å². The Morgan fingerprint density at radius 1 is 0.704 bits per heavy atom. The molecule has 0 aromatic heterocycles. The van der Waals surface area contributed by atoms with E-state index in [4.69, 9.17) is 10.2 Å². The molecule has 27 heavy (non-hydrogen) atoms. The van der Waals surface area contributed by atoms with Gasteiger partial charge in [-0.3, -0.25) is 0 Å². The highest BCUT2D eigenvalue weighted by Crippen LogP contribution is 2.35. The topological polar surface area (TPSA) is 115 Å². The van der Waals surface area contributed by atoms with Gasteiger partial charge in [-0.15, -0.1) is 0 Å². The summed E-state index contributed by atoms with van der Waals surface area (Å²) in [5.41, 5.74) is 0.352. The number of carbonyl (C=O) groups is 2. The minimum atomic E-state index is -0.935. The number of hydrogen-bond donors (Lipinski definition) is 4. The molecule has 0 bridgehead atoms. The summed E-state index contributed by atoms with van der Waals surface area (Å²) in [5, 5.41) is 34.7. The number of rotatable bonds is 4. The molecule has 0 spiro atoms. The lowest BCUT2D eigenvalue weighted by Crippen LogP contribution is -2.23. The van der Waals surface area contributed by atoms with E-state index in [-0.39, 0.29) is 23.4 Å². The first-order chi connectivity index (χ1) is 12.5. The van der Waals surface area contributed by atoms with Gasteiger partial charge in [-0.1, -0.05) is 13.2 Å². The van der Waals surface area contributed by atoms with Crippen molar-refractivity contribution < 1.29 is 30.0 Å². The minimum absolute atomic E-state index is 0.0190. The highest BCUT2D eigenvalue weighted by Gasteiger charge is 2.25. The van der Waals surface area contributed by atoms with Crippen LogP contribution >= 0.6 is 0 Å². The molecular formula is C21H36O6. The highest BCUT2D eigenvalue weighted by molar-refractivity contribution is 5.85. The smallest absolute Gasteiger partial charge is 0.330 e. The van der Waals surface area contributed by atoms with Gasteiger partial charge in [0.05, 0.1) is 12.2 Å². The van der Waals surface area contributed by atoms with E-state index in [9.17, 15) is 19.8 Å². The molecule has 2 aliphatic carbocycles. The fourth-order valence-corrected chi connectivity index (χ4v) is 3.23. The van der Waals surface area contributed by atoms with Crippen LogP contribution in [0.3, 0.4) is 0 Å². The van der Waals surface area contributed by atoms with Crippen LogP contribution in [0, 0.1) is 11.8 Å².